The summed E-state index contributed by atoms with van der Waals surface area (Å²) in [4.78, 5) is 37.6. The van der Waals surface area contributed by atoms with Gasteiger partial charge in [0, 0.05) is 22.8 Å². The SMILES string of the molecule is CC(OC(=O)CNC(=O)c1cccc(Br)c1)C(=O)N(C)c1ccccc1. The molecule has 2 aromatic rings. The van der Waals surface area contributed by atoms with Gasteiger partial charge in [-0.1, -0.05) is 40.2 Å². The highest BCUT2D eigenvalue weighted by molar-refractivity contribution is 9.10. The van der Waals surface area contributed by atoms with E-state index in [9.17, 15) is 14.4 Å². The number of rotatable bonds is 6. The van der Waals surface area contributed by atoms with Gasteiger partial charge in [-0.3, -0.25) is 14.4 Å². The summed E-state index contributed by atoms with van der Waals surface area (Å²) in [5.41, 5.74) is 1.11. The van der Waals surface area contributed by atoms with Crippen molar-refractivity contribution in [2.45, 2.75) is 13.0 Å². The number of nitrogens with zero attached hydrogens (tertiary/aromatic N) is 1. The summed E-state index contributed by atoms with van der Waals surface area (Å²) in [7, 11) is 1.61. The van der Waals surface area contributed by atoms with Crippen molar-refractivity contribution in [3.05, 3.63) is 64.6 Å². The Morgan fingerprint density at radius 2 is 1.81 bits per heavy atom. The van der Waals surface area contributed by atoms with E-state index in [0.29, 0.717) is 11.3 Å². The van der Waals surface area contributed by atoms with Gasteiger partial charge >= 0.3 is 5.97 Å². The summed E-state index contributed by atoms with van der Waals surface area (Å²) in [5.74, 6) is -1.44. The molecule has 136 valence electrons. The Balaban J connectivity index is 1.85. The third-order valence-corrected chi connectivity index (χ3v) is 4.10. The Hall–Kier alpha value is -2.67. The molecule has 0 aliphatic rings. The first kappa shape index (κ1) is 19.7. The largest absolute Gasteiger partial charge is 0.451 e. The lowest BCUT2D eigenvalue weighted by atomic mass is 10.2. The molecular formula is C19H19BrN2O4. The van der Waals surface area contributed by atoms with Crippen LogP contribution in [0.15, 0.2) is 59.1 Å². The van der Waals surface area contributed by atoms with Crippen LogP contribution in [-0.2, 0) is 14.3 Å². The fourth-order valence-corrected chi connectivity index (χ4v) is 2.62. The highest BCUT2D eigenvalue weighted by Gasteiger charge is 2.22. The lowest BCUT2D eigenvalue weighted by Crippen LogP contribution is -2.39. The van der Waals surface area contributed by atoms with Crippen LogP contribution in [0.2, 0.25) is 0 Å². The van der Waals surface area contributed by atoms with Gasteiger partial charge in [-0.15, -0.1) is 0 Å². The molecule has 0 saturated heterocycles. The molecule has 7 heteroatoms. The molecule has 2 aromatic carbocycles. The number of hydrogen-bond acceptors (Lipinski definition) is 4. The van der Waals surface area contributed by atoms with E-state index < -0.39 is 18.0 Å². The van der Waals surface area contributed by atoms with Crippen molar-refractivity contribution in [2.75, 3.05) is 18.5 Å². The van der Waals surface area contributed by atoms with Crippen molar-refractivity contribution in [1.29, 1.82) is 0 Å². The second-order valence-corrected chi connectivity index (χ2v) is 6.47. The Kier molecular flexibility index (Phi) is 6.91. The van der Waals surface area contributed by atoms with Gasteiger partial charge in [-0.2, -0.15) is 0 Å². The van der Waals surface area contributed by atoms with E-state index in [-0.39, 0.29) is 12.5 Å². The number of hydrogen-bond donors (Lipinski definition) is 1. The first-order valence-electron chi connectivity index (χ1n) is 7.94. The van der Waals surface area contributed by atoms with E-state index in [1.807, 2.05) is 18.2 Å². The summed E-state index contributed by atoms with van der Waals surface area (Å²) >= 11 is 3.28. The van der Waals surface area contributed by atoms with Gasteiger partial charge in [0.15, 0.2) is 6.10 Å². The highest BCUT2D eigenvalue weighted by Crippen LogP contribution is 2.13. The lowest BCUT2D eigenvalue weighted by Gasteiger charge is -2.21. The van der Waals surface area contributed by atoms with Crippen LogP contribution in [0.25, 0.3) is 0 Å². The second-order valence-electron chi connectivity index (χ2n) is 5.56. The normalized spacial score (nSPS) is 11.3. The number of para-hydroxylation sites is 1. The van der Waals surface area contributed by atoms with Gasteiger partial charge in [0.2, 0.25) is 0 Å². The minimum atomic E-state index is -0.963. The fraction of sp³-hybridized carbons (Fsp3) is 0.211. The molecule has 1 atom stereocenters. The third-order valence-electron chi connectivity index (χ3n) is 3.61. The second kappa shape index (κ2) is 9.15. The van der Waals surface area contributed by atoms with Crippen LogP contribution in [0.5, 0.6) is 0 Å². The molecule has 0 aromatic heterocycles. The number of ether oxygens (including phenoxy) is 1. The van der Waals surface area contributed by atoms with E-state index in [0.717, 1.165) is 4.47 Å². The van der Waals surface area contributed by atoms with E-state index in [2.05, 4.69) is 21.2 Å². The summed E-state index contributed by atoms with van der Waals surface area (Å²) in [6, 6.07) is 15.8. The summed E-state index contributed by atoms with van der Waals surface area (Å²) in [5, 5.41) is 2.47. The Morgan fingerprint density at radius 1 is 1.12 bits per heavy atom. The zero-order valence-electron chi connectivity index (χ0n) is 14.4. The lowest BCUT2D eigenvalue weighted by molar-refractivity contribution is -0.152. The first-order chi connectivity index (χ1) is 12.4. The zero-order valence-corrected chi connectivity index (χ0v) is 16.0. The number of benzene rings is 2. The molecular weight excluding hydrogens is 400 g/mol. The van der Waals surface area contributed by atoms with Crippen molar-refractivity contribution < 1.29 is 19.1 Å². The Morgan fingerprint density at radius 3 is 2.46 bits per heavy atom. The molecule has 0 fully saturated rings. The van der Waals surface area contributed by atoms with Crippen LogP contribution in [-0.4, -0.2) is 37.5 Å². The maximum Gasteiger partial charge on any atom is 0.326 e. The third kappa shape index (κ3) is 5.42. The van der Waals surface area contributed by atoms with Crippen molar-refractivity contribution in [1.82, 2.24) is 5.32 Å². The molecule has 2 amide bonds. The number of amides is 2. The predicted molar refractivity (Wildman–Crippen MR) is 102 cm³/mol. The van der Waals surface area contributed by atoms with E-state index in [4.69, 9.17) is 4.74 Å². The molecule has 0 aliphatic heterocycles. The van der Waals surface area contributed by atoms with E-state index in [1.165, 1.54) is 11.8 Å². The summed E-state index contributed by atoms with van der Waals surface area (Å²) < 4.78 is 5.87. The smallest absolute Gasteiger partial charge is 0.326 e. The zero-order chi connectivity index (χ0) is 19.1. The van der Waals surface area contributed by atoms with Gasteiger partial charge in [0.25, 0.3) is 11.8 Å². The standard InChI is InChI=1S/C19H19BrN2O4/c1-13(19(25)22(2)16-9-4-3-5-10-16)26-17(23)12-21-18(24)14-7-6-8-15(20)11-14/h3-11,13H,12H2,1-2H3,(H,21,24). The molecule has 26 heavy (non-hydrogen) atoms. The number of nitrogens with one attached hydrogen (secondary N) is 1. The van der Waals surface area contributed by atoms with Crippen molar-refractivity contribution in [2.24, 2.45) is 0 Å². The number of halogens is 1. The maximum absolute atomic E-state index is 12.3. The van der Waals surface area contributed by atoms with Crippen molar-refractivity contribution in [3.8, 4) is 0 Å². The van der Waals surface area contributed by atoms with Gasteiger partial charge in [-0.25, -0.2) is 0 Å². The maximum atomic E-state index is 12.3. The monoisotopic (exact) mass is 418 g/mol. The van der Waals surface area contributed by atoms with Crippen LogP contribution >= 0.6 is 15.9 Å². The van der Waals surface area contributed by atoms with Crippen LogP contribution in [0.1, 0.15) is 17.3 Å². The van der Waals surface area contributed by atoms with Gasteiger partial charge in [0.1, 0.15) is 6.54 Å². The van der Waals surface area contributed by atoms with Crippen molar-refractivity contribution in [3.63, 3.8) is 0 Å². The molecule has 1 N–H and O–H groups in total. The molecule has 0 bridgehead atoms. The van der Waals surface area contributed by atoms with Crippen LogP contribution in [0, 0.1) is 0 Å². The predicted octanol–water partition coefficient (Wildman–Crippen LogP) is 2.77. The Labute approximate surface area is 160 Å². The molecule has 0 aliphatic carbocycles. The van der Waals surface area contributed by atoms with E-state index in [1.54, 1.807) is 43.4 Å². The van der Waals surface area contributed by atoms with Crippen molar-refractivity contribution >= 4 is 39.4 Å². The minimum absolute atomic E-state index is 0.321. The number of carbonyl (C=O) groups is 3. The topological polar surface area (TPSA) is 75.7 Å². The van der Waals surface area contributed by atoms with Gasteiger partial charge in [-0.05, 0) is 37.3 Å². The Bertz CT molecular complexity index is 795. The molecule has 1 unspecified atom stereocenters. The molecule has 0 spiro atoms. The quantitative estimate of drug-likeness (QED) is 0.731. The van der Waals surface area contributed by atoms with Gasteiger partial charge < -0.3 is 15.0 Å². The number of esters is 1. The number of anilines is 1. The molecule has 6 nitrogen and oxygen atoms in total. The number of carbonyl (C=O) groups excluding carboxylic acids is 3. The summed E-state index contributed by atoms with van der Waals surface area (Å²) in [6.07, 6.45) is -0.963. The van der Waals surface area contributed by atoms with Crippen LogP contribution < -0.4 is 10.2 Å². The van der Waals surface area contributed by atoms with Crippen LogP contribution in [0.4, 0.5) is 5.69 Å². The van der Waals surface area contributed by atoms with Crippen LogP contribution in [0.3, 0.4) is 0 Å². The highest BCUT2D eigenvalue weighted by atomic mass is 79.9. The van der Waals surface area contributed by atoms with Gasteiger partial charge in [0.05, 0.1) is 0 Å². The fourth-order valence-electron chi connectivity index (χ4n) is 2.23. The molecule has 0 heterocycles. The number of likely N-dealkylation sites (N-methyl/N-ethyl adjacent to an activating group) is 1. The minimum Gasteiger partial charge on any atom is -0.451 e. The molecule has 0 saturated carbocycles. The molecule has 2 rings (SSSR count). The average molecular weight is 419 g/mol. The van der Waals surface area contributed by atoms with E-state index >= 15 is 0 Å². The summed E-state index contributed by atoms with van der Waals surface area (Å²) in [6.45, 7) is 1.17. The first-order valence-corrected chi connectivity index (χ1v) is 8.73. The average Bonchev–Trinajstić information content (AvgIpc) is 2.65. The molecule has 0 radical (unpaired) electrons.